The first kappa shape index (κ1) is 11.8. The summed E-state index contributed by atoms with van der Waals surface area (Å²) in [5.74, 6) is 0.418. The van der Waals surface area contributed by atoms with Crippen LogP contribution in [0.2, 0.25) is 0 Å². The summed E-state index contributed by atoms with van der Waals surface area (Å²) in [6.45, 7) is 2.93. The molecule has 1 N–H and O–H groups in total. The Bertz CT molecular complexity index is 428. The van der Waals surface area contributed by atoms with Crippen molar-refractivity contribution in [2.24, 2.45) is 0 Å². The van der Waals surface area contributed by atoms with Crippen LogP contribution in [0, 0.1) is 17.0 Å². The molecule has 6 nitrogen and oxygen atoms in total. The van der Waals surface area contributed by atoms with Gasteiger partial charge in [-0.3, -0.25) is 10.1 Å². The molecule has 0 aliphatic carbocycles. The van der Waals surface area contributed by atoms with Gasteiger partial charge in [-0.25, -0.2) is 4.98 Å². The van der Waals surface area contributed by atoms with Gasteiger partial charge in [0.15, 0.2) is 0 Å². The largest absolute Gasteiger partial charge is 0.393 e. The van der Waals surface area contributed by atoms with E-state index < -0.39 is 0 Å². The van der Waals surface area contributed by atoms with Gasteiger partial charge < -0.3 is 10.0 Å². The highest BCUT2D eigenvalue weighted by Crippen LogP contribution is 2.30. The van der Waals surface area contributed by atoms with E-state index in [4.69, 9.17) is 0 Å². The van der Waals surface area contributed by atoms with Crippen LogP contribution in [-0.2, 0) is 0 Å². The van der Waals surface area contributed by atoms with E-state index in [1.807, 2.05) is 4.90 Å². The van der Waals surface area contributed by atoms with Crippen LogP contribution in [-0.4, -0.2) is 34.2 Å². The van der Waals surface area contributed by atoms with E-state index in [-0.39, 0.29) is 16.7 Å². The summed E-state index contributed by atoms with van der Waals surface area (Å²) in [5, 5.41) is 20.5. The highest BCUT2D eigenvalue weighted by atomic mass is 16.6. The summed E-state index contributed by atoms with van der Waals surface area (Å²) >= 11 is 0. The van der Waals surface area contributed by atoms with Crippen molar-refractivity contribution >= 4 is 11.5 Å². The number of pyridine rings is 1. The minimum Gasteiger partial charge on any atom is -0.393 e. The number of aliphatic hydroxyl groups is 1. The van der Waals surface area contributed by atoms with E-state index in [0.717, 1.165) is 0 Å². The lowest BCUT2D eigenvalue weighted by Gasteiger charge is -2.30. The van der Waals surface area contributed by atoms with Gasteiger partial charge in [-0.2, -0.15) is 0 Å². The highest BCUT2D eigenvalue weighted by molar-refractivity contribution is 5.61. The first-order valence-electron chi connectivity index (χ1n) is 5.62. The molecular weight excluding hydrogens is 222 g/mol. The zero-order valence-electron chi connectivity index (χ0n) is 9.67. The Balaban J connectivity index is 2.32. The number of aromatic nitrogens is 1. The lowest BCUT2D eigenvalue weighted by atomic mass is 10.1. The lowest BCUT2D eigenvalue weighted by molar-refractivity contribution is -0.384. The molecule has 0 spiro atoms. The quantitative estimate of drug-likeness (QED) is 0.618. The van der Waals surface area contributed by atoms with Gasteiger partial charge in [-0.15, -0.1) is 0 Å². The van der Waals surface area contributed by atoms with E-state index in [1.54, 1.807) is 19.2 Å². The zero-order chi connectivity index (χ0) is 12.4. The molecule has 1 aromatic rings. The number of aryl methyl sites for hydroxylation is 1. The predicted octanol–water partition coefficient (Wildman–Crippen LogP) is 1.26. The van der Waals surface area contributed by atoms with Crippen molar-refractivity contribution in [2.75, 3.05) is 18.0 Å². The second-order valence-electron chi connectivity index (χ2n) is 4.28. The molecule has 1 aliphatic rings. The van der Waals surface area contributed by atoms with Gasteiger partial charge in [0.2, 0.25) is 5.82 Å². The molecule has 6 heteroatoms. The molecule has 0 atom stereocenters. The minimum absolute atomic E-state index is 0.0730. The van der Waals surface area contributed by atoms with Gasteiger partial charge in [0, 0.05) is 24.8 Å². The van der Waals surface area contributed by atoms with Crippen LogP contribution in [0.25, 0.3) is 0 Å². The number of nitrogens with zero attached hydrogens (tertiary/aromatic N) is 3. The van der Waals surface area contributed by atoms with Crippen molar-refractivity contribution < 1.29 is 10.0 Å². The summed E-state index contributed by atoms with van der Waals surface area (Å²) in [6.07, 6.45) is 2.55. The zero-order valence-corrected chi connectivity index (χ0v) is 9.67. The van der Waals surface area contributed by atoms with Crippen LogP contribution < -0.4 is 4.90 Å². The van der Waals surface area contributed by atoms with Crippen LogP contribution in [0.15, 0.2) is 12.3 Å². The average molecular weight is 237 g/mol. The monoisotopic (exact) mass is 237 g/mol. The van der Waals surface area contributed by atoms with E-state index in [2.05, 4.69) is 4.98 Å². The van der Waals surface area contributed by atoms with Crippen molar-refractivity contribution in [3.8, 4) is 0 Å². The molecule has 0 radical (unpaired) electrons. The van der Waals surface area contributed by atoms with Gasteiger partial charge in [-0.05, 0) is 25.8 Å². The van der Waals surface area contributed by atoms with Crippen LogP contribution >= 0.6 is 0 Å². The third-order valence-electron chi connectivity index (χ3n) is 3.05. The third kappa shape index (κ3) is 2.36. The Morgan fingerprint density at radius 2 is 2.18 bits per heavy atom. The Morgan fingerprint density at radius 3 is 2.76 bits per heavy atom. The molecule has 1 aliphatic heterocycles. The van der Waals surface area contributed by atoms with Crippen LogP contribution in [0.5, 0.6) is 0 Å². The number of piperidine rings is 1. The third-order valence-corrected chi connectivity index (χ3v) is 3.05. The fraction of sp³-hybridized carbons (Fsp3) is 0.545. The topological polar surface area (TPSA) is 79.5 Å². The van der Waals surface area contributed by atoms with Gasteiger partial charge >= 0.3 is 5.69 Å². The van der Waals surface area contributed by atoms with E-state index in [9.17, 15) is 15.2 Å². The van der Waals surface area contributed by atoms with Crippen LogP contribution in [0.1, 0.15) is 18.4 Å². The smallest absolute Gasteiger partial charge is 0.314 e. The Hall–Kier alpha value is -1.69. The van der Waals surface area contributed by atoms with E-state index in [1.165, 1.54) is 0 Å². The van der Waals surface area contributed by atoms with Crippen LogP contribution in [0.4, 0.5) is 11.5 Å². The summed E-state index contributed by atoms with van der Waals surface area (Å²) < 4.78 is 0. The molecule has 0 amide bonds. The summed E-state index contributed by atoms with van der Waals surface area (Å²) in [5.41, 5.74) is 0.690. The van der Waals surface area contributed by atoms with Crippen LogP contribution in [0.3, 0.4) is 0 Å². The van der Waals surface area contributed by atoms with Crippen molar-refractivity contribution in [3.05, 3.63) is 27.9 Å². The number of hydrogen-bond donors (Lipinski definition) is 1. The van der Waals surface area contributed by atoms with Gasteiger partial charge in [0.05, 0.1) is 11.0 Å². The molecular formula is C11H15N3O3. The number of hydrogen-bond acceptors (Lipinski definition) is 5. The fourth-order valence-electron chi connectivity index (χ4n) is 2.07. The minimum atomic E-state index is -0.386. The second kappa shape index (κ2) is 4.67. The molecule has 0 aromatic carbocycles. The molecule has 2 rings (SSSR count). The fourth-order valence-corrected chi connectivity index (χ4v) is 2.07. The summed E-state index contributed by atoms with van der Waals surface area (Å²) in [6, 6.07) is 1.64. The first-order chi connectivity index (χ1) is 8.09. The van der Waals surface area contributed by atoms with Gasteiger partial charge in [-0.1, -0.05) is 0 Å². The number of anilines is 1. The molecule has 17 heavy (non-hydrogen) atoms. The average Bonchev–Trinajstić information content (AvgIpc) is 2.29. The Kier molecular flexibility index (Phi) is 3.23. The van der Waals surface area contributed by atoms with Gasteiger partial charge in [0.25, 0.3) is 0 Å². The standard InChI is InChI=1S/C11H15N3O3/c1-8-2-5-12-11(10(8)14(16)17)13-6-3-9(15)4-7-13/h2,5,9,15H,3-4,6-7H2,1H3. The maximum atomic E-state index is 11.0. The van der Waals surface area contributed by atoms with Crippen molar-refractivity contribution in [1.82, 2.24) is 4.98 Å². The molecule has 0 unspecified atom stereocenters. The molecule has 92 valence electrons. The van der Waals surface area contributed by atoms with Crippen molar-refractivity contribution in [3.63, 3.8) is 0 Å². The van der Waals surface area contributed by atoms with Gasteiger partial charge in [0.1, 0.15) is 0 Å². The number of rotatable bonds is 2. The first-order valence-corrected chi connectivity index (χ1v) is 5.62. The molecule has 0 saturated carbocycles. The second-order valence-corrected chi connectivity index (χ2v) is 4.28. The normalized spacial score (nSPS) is 17.2. The molecule has 0 bridgehead atoms. The molecule has 1 saturated heterocycles. The van der Waals surface area contributed by atoms with Crippen molar-refractivity contribution in [1.29, 1.82) is 0 Å². The molecule has 1 aromatic heterocycles. The summed E-state index contributed by atoms with van der Waals surface area (Å²) in [4.78, 5) is 16.6. The Morgan fingerprint density at radius 1 is 1.53 bits per heavy atom. The lowest BCUT2D eigenvalue weighted by Crippen LogP contribution is -2.36. The van der Waals surface area contributed by atoms with E-state index in [0.29, 0.717) is 37.3 Å². The van der Waals surface area contributed by atoms with Crippen molar-refractivity contribution in [2.45, 2.75) is 25.9 Å². The predicted molar refractivity (Wildman–Crippen MR) is 63.1 cm³/mol. The number of nitro groups is 1. The van der Waals surface area contributed by atoms with E-state index >= 15 is 0 Å². The maximum Gasteiger partial charge on any atom is 0.314 e. The molecule has 1 fully saturated rings. The maximum absolute atomic E-state index is 11.0. The molecule has 2 heterocycles. The number of aliphatic hydroxyl groups excluding tert-OH is 1. The SMILES string of the molecule is Cc1ccnc(N2CCC(O)CC2)c1[N+](=O)[O-]. The summed E-state index contributed by atoms with van der Waals surface area (Å²) in [7, 11) is 0. The highest BCUT2D eigenvalue weighted by Gasteiger charge is 2.26. The Labute approximate surface area is 99.0 Å².